The Balaban J connectivity index is 1.08. The molecule has 0 aromatic heterocycles. The van der Waals surface area contributed by atoms with Crippen molar-refractivity contribution in [3.8, 4) is 0 Å². The van der Waals surface area contributed by atoms with E-state index in [1.165, 1.54) is 95.5 Å². The van der Waals surface area contributed by atoms with Crippen LogP contribution in [-0.4, -0.2) is 64.7 Å². The quantitative estimate of drug-likeness (QED) is 0.0648. The Labute approximate surface area is 323 Å². The highest BCUT2D eigenvalue weighted by Gasteiger charge is 2.59. The van der Waals surface area contributed by atoms with Crippen LogP contribution in [0.2, 0.25) is 0 Å². The van der Waals surface area contributed by atoms with Gasteiger partial charge < -0.3 is 29.5 Å². The number of allylic oxidation sites excluding steroid dienone is 1. The third-order valence-electron chi connectivity index (χ3n) is 15.4. The van der Waals surface area contributed by atoms with Crippen molar-refractivity contribution in [2.24, 2.45) is 46.3 Å². The highest BCUT2D eigenvalue weighted by molar-refractivity contribution is 5.69. The summed E-state index contributed by atoms with van der Waals surface area (Å²) in [5.74, 6) is 4.45. The van der Waals surface area contributed by atoms with Crippen molar-refractivity contribution in [2.75, 3.05) is 6.61 Å². The van der Waals surface area contributed by atoms with E-state index < -0.39 is 30.7 Å². The normalized spacial score (nSPS) is 38.9. The molecule has 4 aliphatic carbocycles. The standard InChI is InChI=1S/C46H80O7/c1-7-8-9-10-11-12-13-14-15-16-20-40(47)51-30-39-41(48)42(49)43(50)44(53-39)52-34-25-27-45(5)33(29-34)21-22-35-37-24-23-36(32(4)19-17-18-31(2)3)46(37,6)28-26-38(35)45/h21,31-32,34-39,41-44,48-50H,7-20,22-30H2,1-6H3. The van der Waals surface area contributed by atoms with E-state index in [1.807, 2.05) is 0 Å². The average Bonchev–Trinajstić information content (AvgIpc) is 3.49. The first kappa shape index (κ1) is 43.1. The predicted octanol–water partition coefficient (Wildman–Crippen LogP) is 10.1. The lowest BCUT2D eigenvalue weighted by Gasteiger charge is -2.58. The molecule has 0 spiro atoms. The fraction of sp³-hybridized carbons (Fsp3) is 0.935. The number of carbonyl (C=O) groups excluding carboxylic acids is 1. The molecule has 13 unspecified atom stereocenters. The first-order chi connectivity index (χ1) is 25.4. The summed E-state index contributed by atoms with van der Waals surface area (Å²) in [4.78, 5) is 12.5. The molecule has 0 bridgehead atoms. The van der Waals surface area contributed by atoms with Crippen molar-refractivity contribution >= 4 is 5.97 Å². The highest BCUT2D eigenvalue weighted by atomic mass is 16.7. The zero-order valence-corrected chi connectivity index (χ0v) is 34.7. The molecular weight excluding hydrogens is 664 g/mol. The first-order valence-corrected chi connectivity index (χ1v) is 22.6. The van der Waals surface area contributed by atoms with Crippen LogP contribution in [0.25, 0.3) is 0 Å². The minimum atomic E-state index is -1.44. The molecule has 7 nitrogen and oxygen atoms in total. The summed E-state index contributed by atoms with van der Waals surface area (Å²) in [6.07, 6.45) is 22.0. The van der Waals surface area contributed by atoms with Crippen LogP contribution < -0.4 is 0 Å². The third-order valence-corrected chi connectivity index (χ3v) is 15.4. The van der Waals surface area contributed by atoms with Gasteiger partial charge in [0.2, 0.25) is 0 Å². The second-order valence-corrected chi connectivity index (χ2v) is 19.4. The minimum Gasteiger partial charge on any atom is -0.463 e. The van der Waals surface area contributed by atoms with Crippen LogP contribution in [0, 0.1) is 46.3 Å². The molecule has 0 aromatic carbocycles. The molecule has 1 aliphatic heterocycles. The van der Waals surface area contributed by atoms with Crippen LogP contribution in [0.3, 0.4) is 0 Å². The maximum absolute atomic E-state index is 12.5. The molecule has 5 aliphatic rings. The summed E-state index contributed by atoms with van der Waals surface area (Å²) >= 11 is 0. The van der Waals surface area contributed by atoms with Crippen molar-refractivity contribution in [2.45, 2.75) is 220 Å². The zero-order valence-electron chi connectivity index (χ0n) is 34.7. The maximum atomic E-state index is 12.5. The molecular formula is C46H80O7. The summed E-state index contributed by atoms with van der Waals surface area (Å²) in [5, 5.41) is 32.3. The number of unbranched alkanes of at least 4 members (excludes halogenated alkanes) is 9. The topological polar surface area (TPSA) is 105 Å². The Morgan fingerprint density at radius 3 is 2.23 bits per heavy atom. The Kier molecular flexibility index (Phi) is 16.2. The number of rotatable bonds is 20. The van der Waals surface area contributed by atoms with Gasteiger partial charge in [0.05, 0.1) is 6.10 Å². The van der Waals surface area contributed by atoms with E-state index in [1.54, 1.807) is 0 Å². The Morgan fingerprint density at radius 2 is 1.53 bits per heavy atom. The van der Waals surface area contributed by atoms with E-state index in [-0.39, 0.29) is 24.1 Å². The van der Waals surface area contributed by atoms with E-state index >= 15 is 0 Å². The van der Waals surface area contributed by atoms with Crippen LogP contribution in [-0.2, 0) is 19.0 Å². The Morgan fingerprint density at radius 1 is 0.830 bits per heavy atom. The molecule has 3 N–H and O–H groups in total. The first-order valence-electron chi connectivity index (χ1n) is 22.6. The van der Waals surface area contributed by atoms with Gasteiger partial charge in [-0.2, -0.15) is 0 Å². The van der Waals surface area contributed by atoms with Crippen molar-refractivity contribution in [3.05, 3.63) is 11.6 Å². The average molecular weight is 745 g/mol. The van der Waals surface area contributed by atoms with Crippen molar-refractivity contribution in [3.63, 3.8) is 0 Å². The zero-order chi connectivity index (χ0) is 38.2. The highest BCUT2D eigenvalue weighted by Crippen LogP contribution is 2.67. The molecule has 0 aromatic rings. The Bertz CT molecular complexity index is 1150. The van der Waals surface area contributed by atoms with E-state index in [0.717, 1.165) is 74.5 Å². The van der Waals surface area contributed by atoms with Gasteiger partial charge in [-0.25, -0.2) is 0 Å². The summed E-state index contributed by atoms with van der Waals surface area (Å²) in [6, 6.07) is 0. The van der Waals surface area contributed by atoms with Crippen molar-refractivity contribution < 1.29 is 34.3 Å². The molecule has 7 heteroatoms. The van der Waals surface area contributed by atoms with Gasteiger partial charge in [0.1, 0.15) is 31.0 Å². The number of hydrogen-bond acceptors (Lipinski definition) is 7. The van der Waals surface area contributed by atoms with Crippen molar-refractivity contribution in [1.82, 2.24) is 0 Å². The SMILES string of the molecule is CCCCCCCCCCCCC(=O)OCC1OC(OC2CCC3(C)C(=CCC4C3CCC3(C)C(C(C)CCCC(C)C)CCC43)C2)C(O)C(O)C1O. The van der Waals surface area contributed by atoms with E-state index in [4.69, 9.17) is 14.2 Å². The van der Waals surface area contributed by atoms with Gasteiger partial charge in [0.15, 0.2) is 6.29 Å². The Hall–Kier alpha value is -0.990. The van der Waals surface area contributed by atoms with Gasteiger partial charge in [-0.1, -0.05) is 130 Å². The van der Waals surface area contributed by atoms with Gasteiger partial charge in [-0.05, 0) is 104 Å². The van der Waals surface area contributed by atoms with Gasteiger partial charge in [0, 0.05) is 6.42 Å². The van der Waals surface area contributed by atoms with Crippen LogP contribution in [0.1, 0.15) is 183 Å². The van der Waals surface area contributed by atoms with Gasteiger partial charge >= 0.3 is 5.97 Å². The number of hydrogen-bond donors (Lipinski definition) is 3. The molecule has 4 fully saturated rings. The number of esters is 1. The fourth-order valence-corrected chi connectivity index (χ4v) is 12.1. The third kappa shape index (κ3) is 10.5. The van der Waals surface area contributed by atoms with Gasteiger partial charge in [0.25, 0.3) is 0 Å². The molecule has 0 radical (unpaired) electrons. The van der Waals surface area contributed by atoms with Gasteiger partial charge in [-0.15, -0.1) is 0 Å². The molecule has 13 atom stereocenters. The number of fused-ring (bicyclic) bond motifs is 5. The molecule has 5 rings (SSSR count). The summed E-state index contributed by atoms with van der Waals surface area (Å²) in [6.45, 7) is 14.5. The number of ether oxygens (including phenoxy) is 3. The molecule has 1 saturated heterocycles. The van der Waals surface area contributed by atoms with Crippen LogP contribution >= 0.6 is 0 Å². The predicted molar refractivity (Wildman–Crippen MR) is 212 cm³/mol. The van der Waals surface area contributed by atoms with E-state index in [9.17, 15) is 20.1 Å². The molecule has 0 amide bonds. The van der Waals surface area contributed by atoms with Gasteiger partial charge in [-0.3, -0.25) is 4.79 Å². The lowest BCUT2D eigenvalue weighted by atomic mass is 9.47. The lowest BCUT2D eigenvalue weighted by molar-refractivity contribution is -0.313. The number of aliphatic hydroxyl groups excluding tert-OH is 3. The molecule has 53 heavy (non-hydrogen) atoms. The minimum absolute atomic E-state index is 0.135. The van der Waals surface area contributed by atoms with E-state index in [2.05, 4.69) is 47.6 Å². The monoisotopic (exact) mass is 745 g/mol. The molecule has 306 valence electrons. The second-order valence-electron chi connectivity index (χ2n) is 19.4. The van der Waals surface area contributed by atoms with Crippen LogP contribution in [0.15, 0.2) is 11.6 Å². The maximum Gasteiger partial charge on any atom is 0.305 e. The molecule has 3 saturated carbocycles. The second kappa shape index (κ2) is 19.9. The lowest BCUT2D eigenvalue weighted by Crippen LogP contribution is -2.60. The summed E-state index contributed by atoms with van der Waals surface area (Å²) in [7, 11) is 0. The smallest absolute Gasteiger partial charge is 0.305 e. The van der Waals surface area contributed by atoms with Crippen LogP contribution in [0.4, 0.5) is 0 Å². The number of carbonyl (C=O) groups is 1. The summed E-state index contributed by atoms with van der Waals surface area (Å²) < 4.78 is 17.9. The largest absolute Gasteiger partial charge is 0.463 e. The molecule has 1 heterocycles. The van der Waals surface area contributed by atoms with E-state index in [0.29, 0.717) is 17.8 Å². The summed E-state index contributed by atoms with van der Waals surface area (Å²) in [5.41, 5.74) is 2.15. The fourth-order valence-electron chi connectivity index (χ4n) is 12.1. The van der Waals surface area contributed by atoms with Crippen LogP contribution in [0.5, 0.6) is 0 Å². The van der Waals surface area contributed by atoms with Crippen molar-refractivity contribution in [1.29, 1.82) is 0 Å². The number of aliphatic hydroxyl groups is 3.